The van der Waals surface area contributed by atoms with Gasteiger partial charge in [-0.25, -0.2) is 0 Å². The summed E-state index contributed by atoms with van der Waals surface area (Å²) in [5.41, 5.74) is 1.85. The number of fused-ring (bicyclic) bond motifs is 1. The summed E-state index contributed by atoms with van der Waals surface area (Å²) in [6, 6.07) is 12.6. The van der Waals surface area contributed by atoms with E-state index in [4.69, 9.17) is 34.8 Å². The second kappa shape index (κ2) is 5.45. The van der Waals surface area contributed by atoms with Crippen molar-refractivity contribution in [1.82, 2.24) is 4.98 Å². The molecule has 4 rings (SSSR count). The Morgan fingerprint density at radius 1 is 1.09 bits per heavy atom. The molecule has 3 nitrogen and oxygen atoms in total. The number of aromatic nitrogens is 1. The van der Waals surface area contributed by atoms with Crippen LogP contribution < -0.4 is 4.90 Å². The van der Waals surface area contributed by atoms with Gasteiger partial charge in [0.25, 0.3) is 0 Å². The molecule has 1 aliphatic rings. The number of nitrogens with one attached hydrogen (secondary N) is 1. The minimum atomic E-state index is -0.729. The number of benzene rings is 2. The molecule has 0 radical (unpaired) electrons. The lowest BCUT2D eigenvalue weighted by Gasteiger charge is -2.45. The number of carbonyl (C=O) groups excluding carboxylic acids is 1. The molecular weight excluding hydrogens is 355 g/mol. The smallest absolute Gasteiger partial charge is 0.197 e. The molecule has 1 fully saturated rings. The standard InChI is InChI=1S/C17H11Cl3N2O/c18-9-5-6-14(12(19)7-9)22-15(16(23)17(22)20)11-8-21-13-4-2-1-3-10(11)13/h1-8,15,17,21H/t15-,17-/m1/s1. The van der Waals surface area contributed by atoms with E-state index in [-0.39, 0.29) is 5.78 Å². The number of anilines is 1. The third-order valence-corrected chi connectivity index (χ3v) is 5.09. The molecule has 1 saturated heterocycles. The first-order valence-corrected chi connectivity index (χ1v) is 8.24. The van der Waals surface area contributed by atoms with Crippen molar-refractivity contribution in [3.05, 3.63) is 64.3 Å². The maximum absolute atomic E-state index is 12.4. The highest BCUT2D eigenvalue weighted by Crippen LogP contribution is 2.46. The van der Waals surface area contributed by atoms with Gasteiger partial charge in [-0.2, -0.15) is 0 Å². The summed E-state index contributed by atoms with van der Waals surface area (Å²) in [7, 11) is 0. The highest BCUT2D eigenvalue weighted by atomic mass is 35.5. The third kappa shape index (κ3) is 2.23. The van der Waals surface area contributed by atoms with Crippen LogP contribution in [0.2, 0.25) is 10.0 Å². The van der Waals surface area contributed by atoms with Gasteiger partial charge in [0, 0.05) is 27.7 Å². The molecular formula is C17H11Cl3N2O. The first-order valence-electron chi connectivity index (χ1n) is 7.05. The van der Waals surface area contributed by atoms with Gasteiger partial charge in [0.05, 0.1) is 10.7 Å². The van der Waals surface area contributed by atoms with Gasteiger partial charge < -0.3 is 9.88 Å². The van der Waals surface area contributed by atoms with Crippen LogP contribution in [0.25, 0.3) is 10.9 Å². The minimum Gasteiger partial charge on any atom is -0.361 e. The molecule has 0 saturated carbocycles. The number of H-pyrrole nitrogens is 1. The Morgan fingerprint density at radius 3 is 2.65 bits per heavy atom. The van der Waals surface area contributed by atoms with Gasteiger partial charge in [-0.15, -0.1) is 0 Å². The van der Waals surface area contributed by atoms with E-state index in [0.717, 1.165) is 16.5 Å². The zero-order valence-corrected chi connectivity index (χ0v) is 14.0. The van der Waals surface area contributed by atoms with Crippen LogP contribution in [-0.4, -0.2) is 16.3 Å². The Balaban J connectivity index is 1.82. The Labute approximate surface area is 147 Å². The predicted molar refractivity (Wildman–Crippen MR) is 94.6 cm³/mol. The number of aromatic amines is 1. The van der Waals surface area contributed by atoms with E-state index in [0.29, 0.717) is 15.7 Å². The van der Waals surface area contributed by atoms with Crippen LogP contribution in [0, 0.1) is 0 Å². The van der Waals surface area contributed by atoms with E-state index in [9.17, 15) is 4.79 Å². The summed E-state index contributed by atoms with van der Waals surface area (Å²) in [5.74, 6) is -0.0394. The number of hydrogen-bond donors (Lipinski definition) is 1. The van der Waals surface area contributed by atoms with E-state index in [2.05, 4.69) is 4.98 Å². The van der Waals surface area contributed by atoms with E-state index in [1.807, 2.05) is 35.4 Å². The summed E-state index contributed by atoms with van der Waals surface area (Å²) in [5, 5.41) is 2.02. The zero-order valence-electron chi connectivity index (χ0n) is 11.8. The number of para-hydroxylation sites is 1. The lowest BCUT2D eigenvalue weighted by Crippen LogP contribution is -2.56. The number of hydrogen-bond acceptors (Lipinski definition) is 2. The van der Waals surface area contributed by atoms with E-state index < -0.39 is 11.5 Å². The van der Waals surface area contributed by atoms with Crippen LogP contribution in [0.15, 0.2) is 48.7 Å². The van der Waals surface area contributed by atoms with Crippen LogP contribution in [0.5, 0.6) is 0 Å². The molecule has 0 amide bonds. The highest BCUT2D eigenvalue weighted by Gasteiger charge is 2.48. The Bertz CT molecular complexity index is 921. The van der Waals surface area contributed by atoms with Crippen molar-refractivity contribution in [3.8, 4) is 0 Å². The minimum absolute atomic E-state index is 0.0394. The summed E-state index contributed by atoms with van der Waals surface area (Å²) in [4.78, 5) is 17.4. The molecule has 6 heteroatoms. The van der Waals surface area contributed by atoms with Crippen molar-refractivity contribution in [2.24, 2.45) is 0 Å². The van der Waals surface area contributed by atoms with Gasteiger partial charge in [0.2, 0.25) is 0 Å². The summed E-state index contributed by atoms with van der Waals surface area (Å²) in [6.45, 7) is 0. The van der Waals surface area contributed by atoms with Crippen LogP contribution in [0.4, 0.5) is 5.69 Å². The molecule has 1 aromatic heterocycles. The van der Waals surface area contributed by atoms with Crippen molar-refractivity contribution < 1.29 is 4.79 Å². The van der Waals surface area contributed by atoms with E-state index in [1.165, 1.54) is 0 Å². The monoisotopic (exact) mass is 364 g/mol. The number of rotatable bonds is 2. The number of ketones is 1. The van der Waals surface area contributed by atoms with Crippen molar-refractivity contribution in [1.29, 1.82) is 0 Å². The average molecular weight is 366 g/mol. The first kappa shape index (κ1) is 14.9. The number of halogens is 3. The van der Waals surface area contributed by atoms with Gasteiger partial charge in [-0.3, -0.25) is 4.79 Å². The number of Topliss-reactive ketones (excluding diaryl/α,β-unsaturated/α-hetero) is 1. The molecule has 23 heavy (non-hydrogen) atoms. The van der Waals surface area contributed by atoms with Gasteiger partial charge in [0.1, 0.15) is 6.04 Å². The molecule has 0 unspecified atom stereocenters. The Kier molecular flexibility index (Phi) is 3.52. The lowest BCUT2D eigenvalue weighted by molar-refractivity contribution is -0.124. The summed E-state index contributed by atoms with van der Waals surface area (Å²) < 4.78 is 0. The Hall–Kier alpha value is -1.68. The molecule has 0 spiro atoms. The fraction of sp³-hybridized carbons (Fsp3) is 0.118. The second-order valence-corrected chi connectivity index (χ2v) is 6.69. The third-order valence-electron chi connectivity index (χ3n) is 4.13. The van der Waals surface area contributed by atoms with E-state index in [1.54, 1.807) is 18.2 Å². The fourth-order valence-corrected chi connectivity index (χ4v) is 3.87. The van der Waals surface area contributed by atoms with Crippen LogP contribution in [0.1, 0.15) is 11.6 Å². The summed E-state index contributed by atoms with van der Waals surface area (Å²) in [6.07, 6.45) is 1.85. The van der Waals surface area contributed by atoms with Gasteiger partial charge in [-0.05, 0) is 24.3 Å². The molecule has 2 heterocycles. The van der Waals surface area contributed by atoms with Crippen LogP contribution in [0.3, 0.4) is 0 Å². The van der Waals surface area contributed by atoms with Crippen LogP contribution >= 0.6 is 34.8 Å². The first-order chi connectivity index (χ1) is 11.1. The molecule has 3 aromatic rings. The number of alkyl halides is 1. The molecule has 116 valence electrons. The molecule has 1 aliphatic heterocycles. The van der Waals surface area contributed by atoms with Gasteiger partial charge >= 0.3 is 0 Å². The van der Waals surface area contributed by atoms with Crippen molar-refractivity contribution in [2.75, 3.05) is 4.90 Å². The molecule has 2 atom stereocenters. The zero-order chi connectivity index (χ0) is 16.1. The topological polar surface area (TPSA) is 36.1 Å². The molecule has 0 bridgehead atoms. The predicted octanol–water partition coefficient (Wildman–Crippen LogP) is 5.17. The van der Waals surface area contributed by atoms with E-state index >= 15 is 0 Å². The lowest BCUT2D eigenvalue weighted by atomic mass is 9.91. The largest absolute Gasteiger partial charge is 0.361 e. The number of carbonyl (C=O) groups is 1. The van der Waals surface area contributed by atoms with Crippen molar-refractivity contribution >= 4 is 57.2 Å². The normalized spacial score (nSPS) is 20.8. The SMILES string of the molecule is O=C1[C@H](Cl)N(c2ccc(Cl)cc2Cl)[C@@H]1c1c[nH]c2ccccc12. The Morgan fingerprint density at radius 2 is 1.87 bits per heavy atom. The fourth-order valence-electron chi connectivity index (χ4n) is 3.03. The van der Waals surface area contributed by atoms with Crippen LogP contribution in [-0.2, 0) is 4.79 Å². The number of nitrogens with zero attached hydrogens (tertiary/aromatic N) is 1. The second-order valence-electron chi connectivity index (χ2n) is 5.43. The summed E-state index contributed by atoms with van der Waals surface area (Å²) >= 11 is 18.5. The highest BCUT2D eigenvalue weighted by molar-refractivity contribution is 6.40. The molecule has 1 N–H and O–H groups in total. The maximum Gasteiger partial charge on any atom is 0.197 e. The van der Waals surface area contributed by atoms with Gasteiger partial charge in [-0.1, -0.05) is 53.0 Å². The quantitative estimate of drug-likeness (QED) is 0.502. The maximum atomic E-state index is 12.4. The average Bonchev–Trinajstić information content (AvgIpc) is 2.96. The van der Waals surface area contributed by atoms with Crippen molar-refractivity contribution in [3.63, 3.8) is 0 Å². The molecule has 0 aliphatic carbocycles. The van der Waals surface area contributed by atoms with Gasteiger partial charge in [0.15, 0.2) is 11.3 Å². The molecule has 2 aromatic carbocycles. The van der Waals surface area contributed by atoms with Crippen molar-refractivity contribution in [2.45, 2.75) is 11.5 Å².